The molecule has 0 aromatic rings. The number of carbonyl (C=O) groups excluding carboxylic acids is 2. The molecule has 0 radical (unpaired) electrons. The molecule has 0 saturated carbocycles. The predicted octanol–water partition coefficient (Wildman–Crippen LogP) is -0.262. The molecule has 1 aliphatic heterocycles. The number of carboxylic acid groups (broad SMARTS) is 1. The van der Waals surface area contributed by atoms with Gasteiger partial charge in [0.05, 0.1) is 13.5 Å². The molecule has 0 aromatic carbocycles. The van der Waals surface area contributed by atoms with Crippen LogP contribution in [0, 0.1) is 0 Å². The lowest BCUT2D eigenvalue weighted by molar-refractivity contribution is -0.147. The van der Waals surface area contributed by atoms with E-state index in [1.807, 2.05) is 14.0 Å². The Bertz CT molecular complexity index is 401. The summed E-state index contributed by atoms with van der Waals surface area (Å²) in [7, 11) is 3.18. The lowest BCUT2D eigenvalue weighted by atomic mass is 10.1. The van der Waals surface area contributed by atoms with E-state index in [1.165, 1.54) is 7.11 Å². The van der Waals surface area contributed by atoms with Gasteiger partial charge in [0.2, 0.25) is 0 Å². The van der Waals surface area contributed by atoms with Crippen molar-refractivity contribution in [3.05, 3.63) is 0 Å². The molecule has 2 amide bonds. The van der Waals surface area contributed by atoms with E-state index < -0.39 is 24.0 Å². The Morgan fingerprint density at radius 1 is 1.38 bits per heavy atom. The SMILES string of the molecule is CCC1CN(C(=O)N[C@@H](CC(=O)OC)C(=O)O)CCN1C. The van der Waals surface area contributed by atoms with Crippen molar-refractivity contribution in [3.8, 4) is 0 Å². The van der Waals surface area contributed by atoms with Gasteiger partial charge in [0.25, 0.3) is 0 Å². The second kappa shape index (κ2) is 7.82. The van der Waals surface area contributed by atoms with Crippen LogP contribution in [0.1, 0.15) is 19.8 Å². The summed E-state index contributed by atoms with van der Waals surface area (Å²) in [5, 5.41) is 11.4. The standard InChI is InChI=1S/C13H23N3O5/c1-4-9-8-16(6-5-15(9)2)13(20)14-10(12(18)19)7-11(17)21-3/h9-10H,4-8H2,1-3H3,(H,14,20)(H,18,19)/t9?,10-/m0/s1. The van der Waals surface area contributed by atoms with E-state index in [0.717, 1.165) is 13.0 Å². The summed E-state index contributed by atoms with van der Waals surface area (Å²) in [5.74, 6) is -1.93. The number of rotatable bonds is 5. The van der Waals surface area contributed by atoms with Crippen molar-refractivity contribution >= 4 is 18.0 Å². The molecule has 8 nitrogen and oxygen atoms in total. The van der Waals surface area contributed by atoms with Gasteiger partial charge in [-0.05, 0) is 13.5 Å². The number of amides is 2. The number of aliphatic carboxylic acids is 1. The van der Waals surface area contributed by atoms with E-state index in [2.05, 4.69) is 15.0 Å². The van der Waals surface area contributed by atoms with E-state index in [0.29, 0.717) is 13.1 Å². The van der Waals surface area contributed by atoms with Crippen LogP contribution in [0.2, 0.25) is 0 Å². The van der Waals surface area contributed by atoms with E-state index in [1.54, 1.807) is 4.90 Å². The highest BCUT2D eigenvalue weighted by molar-refractivity contribution is 5.86. The summed E-state index contributed by atoms with van der Waals surface area (Å²) in [6, 6.07) is -1.48. The zero-order chi connectivity index (χ0) is 16.0. The van der Waals surface area contributed by atoms with Crippen LogP contribution in [0.5, 0.6) is 0 Å². The average molecular weight is 301 g/mol. The molecule has 2 atom stereocenters. The van der Waals surface area contributed by atoms with Crippen molar-refractivity contribution in [1.82, 2.24) is 15.1 Å². The second-order valence-electron chi connectivity index (χ2n) is 5.11. The minimum Gasteiger partial charge on any atom is -0.480 e. The number of carbonyl (C=O) groups is 3. The maximum Gasteiger partial charge on any atom is 0.326 e. The first-order valence-electron chi connectivity index (χ1n) is 6.94. The van der Waals surface area contributed by atoms with Crippen molar-refractivity contribution in [2.45, 2.75) is 31.8 Å². The Kier molecular flexibility index (Phi) is 6.41. The number of urea groups is 1. The fourth-order valence-corrected chi connectivity index (χ4v) is 2.26. The molecule has 1 heterocycles. The van der Waals surface area contributed by atoms with E-state index >= 15 is 0 Å². The quantitative estimate of drug-likeness (QED) is 0.679. The van der Waals surface area contributed by atoms with Crippen LogP contribution < -0.4 is 5.32 Å². The van der Waals surface area contributed by atoms with E-state index in [4.69, 9.17) is 5.11 Å². The Hall–Kier alpha value is -1.83. The van der Waals surface area contributed by atoms with Crippen molar-refractivity contribution in [1.29, 1.82) is 0 Å². The topological polar surface area (TPSA) is 99.2 Å². The van der Waals surface area contributed by atoms with Gasteiger partial charge >= 0.3 is 18.0 Å². The number of likely N-dealkylation sites (N-methyl/N-ethyl adjacent to an activating group) is 1. The van der Waals surface area contributed by atoms with Crippen LogP contribution >= 0.6 is 0 Å². The number of hydrogen-bond acceptors (Lipinski definition) is 5. The summed E-state index contributed by atoms with van der Waals surface area (Å²) in [4.78, 5) is 38.2. The number of ether oxygens (including phenoxy) is 1. The summed E-state index contributed by atoms with van der Waals surface area (Å²) in [6.07, 6.45) is 0.521. The first-order valence-corrected chi connectivity index (χ1v) is 6.94. The average Bonchev–Trinajstić information content (AvgIpc) is 2.46. The van der Waals surface area contributed by atoms with Crippen LogP contribution in [-0.4, -0.2) is 78.8 Å². The van der Waals surface area contributed by atoms with Crippen LogP contribution in [-0.2, 0) is 14.3 Å². The van der Waals surface area contributed by atoms with Gasteiger partial charge in [0.15, 0.2) is 0 Å². The Morgan fingerprint density at radius 3 is 2.57 bits per heavy atom. The Balaban J connectivity index is 2.61. The molecule has 120 valence electrons. The lowest BCUT2D eigenvalue weighted by Gasteiger charge is -2.39. The predicted molar refractivity (Wildman–Crippen MR) is 74.9 cm³/mol. The van der Waals surface area contributed by atoms with E-state index in [9.17, 15) is 14.4 Å². The second-order valence-corrected chi connectivity index (χ2v) is 5.11. The van der Waals surface area contributed by atoms with Gasteiger partial charge in [0.1, 0.15) is 6.04 Å². The first-order chi connectivity index (χ1) is 9.88. The summed E-state index contributed by atoms with van der Waals surface area (Å²) >= 11 is 0. The third-order valence-electron chi connectivity index (χ3n) is 3.73. The molecule has 0 bridgehead atoms. The Morgan fingerprint density at radius 2 is 2.05 bits per heavy atom. The largest absolute Gasteiger partial charge is 0.480 e. The first kappa shape index (κ1) is 17.2. The number of nitrogens with zero attached hydrogens (tertiary/aromatic N) is 2. The minimum absolute atomic E-state index is 0.258. The van der Waals surface area contributed by atoms with Crippen LogP contribution in [0.3, 0.4) is 0 Å². The molecular weight excluding hydrogens is 278 g/mol. The molecule has 0 aromatic heterocycles. The number of methoxy groups -OCH3 is 1. The van der Waals surface area contributed by atoms with Gasteiger partial charge < -0.3 is 20.1 Å². The number of hydrogen-bond donors (Lipinski definition) is 2. The molecule has 1 rings (SSSR count). The third-order valence-corrected chi connectivity index (χ3v) is 3.73. The fourth-order valence-electron chi connectivity index (χ4n) is 2.26. The summed E-state index contributed by atoms with van der Waals surface area (Å²) in [6.45, 7) is 3.85. The van der Waals surface area contributed by atoms with Gasteiger partial charge in [-0.25, -0.2) is 9.59 Å². The van der Waals surface area contributed by atoms with Crippen LogP contribution in [0.15, 0.2) is 0 Å². The Labute approximate surface area is 124 Å². The highest BCUT2D eigenvalue weighted by Crippen LogP contribution is 2.11. The normalized spacial score (nSPS) is 20.7. The van der Waals surface area contributed by atoms with Gasteiger partial charge in [-0.3, -0.25) is 9.69 Å². The zero-order valence-corrected chi connectivity index (χ0v) is 12.7. The smallest absolute Gasteiger partial charge is 0.326 e. The molecule has 1 aliphatic rings. The maximum absolute atomic E-state index is 12.1. The lowest BCUT2D eigenvalue weighted by Crippen LogP contribution is -2.57. The summed E-state index contributed by atoms with van der Waals surface area (Å²) in [5.41, 5.74) is 0. The number of esters is 1. The maximum atomic E-state index is 12.1. The van der Waals surface area contributed by atoms with Gasteiger partial charge in [0, 0.05) is 25.7 Å². The molecular formula is C13H23N3O5. The number of carboxylic acids is 1. The van der Waals surface area contributed by atoms with Crippen molar-refractivity contribution in [2.24, 2.45) is 0 Å². The number of piperazine rings is 1. The summed E-state index contributed by atoms with van der Waals surface area (Å²) < 4.78 is 4.43. The van der Waals surface area contributed by atoms with Crippen LogP contribution in [0.4, 0.5) is 4.79 Å². The molecule has 1 saturated heterocycles. The van der Waals surface area contributed by atoms with Gasteiger partial charge in [-0.1, -0.05) is 6.92 Å². The zero-order valence-electron chi connectivity index (χ0n) is 12.7. The van der Waals surface area contributed by atoms with Crippen molar-refractivity contribution < 1.29 is 24.2 Å². The highest BCUT2D eigenvalue weighted by atomic mass is 16.5. The minimum atomic E-state index is -1.27. The molecule has 2 N–H and O–H groups in total. The molecule has 1 unspecified atom stereocenters. The van der Waals surface area contributed by atoms with Crippen molar-refractivity contribution in [2.75, 3.05) is 33.8 Å². The van der Waals surface area contributed by atoms with E-state index in [-0.39, 0.29) is 12.5 Å². The monoisotopic (exact) mass is 301 g/mol. The highest BCUT2D eigenvalue weighted by Gasteiger charge is 2.30. The molecule has 0 aliphatic carbocycles. The number of nitrogens with one attached hydrogen (secondary N) is 1. The molecule has 0 spiro atoms. The molecule has 1 fully saturated rings. The van der Waals surface area contributed by atoms with Gasteiger partial charge in [-0.15, -0.1) is 0 Å². The fraction of sp³-hybridized carbons (Fsp3) is 0.769. The molecule has 8 heteroatoms. The molecule has 21 heavy (non-hydrogen) atoms. The van der Waals surface area contributed by atoms with Crippen LogP contribution in [0.25, 0.3) is 0 Å². The third kappa shape index (κ3) is 4.89. The van der Waals surface area contributed by atoms with Crippen molar-refractivity contribution in [3.63, 3.8) is 0 Å². The van der Waals surface area contributed by atoms with Gasteiger partial charge in [-0.2, -0.15) is 0 Å².